The lowest BCUT2D eigenvalue weighted by Crippen LogP contribution is -2.48. The van der Waals surface area contributed by atoms with Gasteiger partial charge >= 0.3 is 0 Å². The molecule has 0 radical (unpaired) electrons. The number of nitrogens with one attached hydrogen (secondary N) is 1. The minimum atomic E-state index is -3.99. The molecule has 0 bridgehead atoms. The van der Waals surface area contributed by atoms with Gasteiger partial charge in [0.15, 0.2) is 6.10 Å². The third-order valence-electron chi connectivity index (χ3n) is 5.42. The molecule has 0 saturated carbocycles. The average Bonchev–Trinajstić information content (AvgIpc) is 3.36. The van der Waals surface area contributed by atoms with Crippen LogP contribution in [0.15, 0.2) is 77.7 Å². The lowest BCUT2D eigenvalue weighted by atomic mass is 10.2. The Kier molecular flexibility index (Phi) is 6.52. The summed E-state index contributed by atoms with van der Waals surface area (Å²) in [6.45, 7) is -0.222. The number of aromatic nitrogens is 2. The van der Waals surface area contributed by atoms with Crippen molar-refractivity contribution < 1.29 is 22.7 Å². The smallest absolute Gasteiger partial charge is 0.269 e. The van der Waals surface area contributed by atoms with Gasteiger partial charge in [-0.25, -0.2) is 8.42 Å². The highest BCUT2D eigenvalue weighted by molar-refractivity contribution is 7.92. The second-order valence-corrected chi connectivity index (χ2v) is 11.0. The van der Waals surface area contributed by atoms with Crippen molar-refractivity contribution in [3.63, 3.8) is 0 Å². The molecule has 1 unspecified atom stereocenters. The summed E-state index contributed by atoms with van der Waals surface area (Å²) < 4.78 is 39.2. The largest absolute Gasteiger partial charge is 0.497 e. The number of amides is 1. The maximum absolute atomic E-state index is 13.5. The van der Waals surface area contributed by atoms with E-state index in [0.29, 0.717) is 21.5 Å². The summed E-state index contributed by atoms with van der Waals surface area (Å²) in [4.78, 5) is 13.2. The van der Waals surface area contributed by atoms with E-state index in [1.807, 2.05) is 0 Å². The van der Waals surface area contributed by atoms with Crippen LogP contribution in [-0.2, 0) is 14.8 Å². The molecule has 184 valence electrons. The maximum Gasteiger partial charge on any atom is 0.269 e. The molecule has 1 aromatic heterocycles. The quantitative estimate of drug-likeness (QED) is 0.383. The predicted octanol–water partition coefficient (Wildman–Crippen LogP) is 4.46. The van der Waals surface area contributed by atoms with Crippen LogP contribution in [0.2, 0.25) is 5.02 Å². The van der Waals surface area contributed by atoms with Gasteiger partial charge in [0.2, 0.25) is 5.13 Å². The Morgan fingerprint density at radius 1 is 1.08 bits per heavy atom. The number of ether oxygens (including phenoxy) is 2. The first-order valence-electron chi connectivity index (χ1n) is 10.7. The first kappa shape index (κ1) is 24.0. The van der Waals surface area contributed by atoms with Crippen LogP contribution in [0, 0.1) is 0 Å². The van der Waals surface area contributed by atoms with Crippen molar-refractivity contribution in [2.24, 2.45) is 0 Å². The topological polar surface area (TPSA) is 111 Å². The molecule has 4 aromatic rings. The van der Waals surface area contributed by atoms with Crippen LogP contribution in [0.25, 0.3) is 10.6 Å². The normalized spacial score (nSPS) is 15.1. The second-order valence-electron chi connectivity index (χ2n) is 7.69. The molecule has 1 aliphatic rings. The number of carbonyl (C=O) groups is 1. The number of nitrogens with zero attached hydrogens (tertiary/aromatic N) is 3. The molecule has 0 saturated heterocycles. The molecule has 0 aliphatic carbocycles. The number of benzene rings is 3. The van der Waals surface area contributed by atoms with E-state index in [1.54, 1.807) is 60.7 Å². The van der Waals surface area contributed by atoms with Gasteiger partial charge in [-0.3, -0.25) is 14.4 Å². The van der Waals surface area contributed by atoms with Gasteiger partial charge in [-0.1, -0.05) is 47.2 Å². The average molecular weight is 543 g/mol. The highest BCUT2D eigenvalue weighted by atomic mass is 35.5. The van der Waals surface area contributed by atoms with Crippen molar-refractivity contribution in [3.05, 3.63) is 77.8 Å². The van der Waals surface area contributed by atoms with Crippen LogP contribution in [0.1, 0.15) is 0 Å². The fourth-order valence-electron chi connectivity index (χ4n) is 3.61. The molecular weight excluding hydrogens is 524 g/mol. The molecule has 0 spiro atoms. The summed E-state index contributed by atoms with van der Waals surface area (Å²) in [6.07, 6.45) is -1.11. The number of fused-ring (bicyclic) bond motifs is 1. The molecule has 1 atom stereocenters. The Morgan fingerprint density at radius 2 is 1.81 bits per heavy atom. The van der Waals surface area contributed by atoms with E-state index in [0.717, 1.165) is 5.56 Å². The highest BCUT2D eigenvalue weighted by Gasteiger charge is 2.37. The molecule has 1 amide bonds. The number of methoxy groups -OCH3 is 1. The fourth-order valence-corrected chi connectivity index (χ4v) is 5.96. The molecule has 9 nitrogen and oxygen atoms in total. The molecule has 0 fully saturated rings. The first-order valence-corrected chi connectivity index (χ1v) is 13.3. The summed E-state index contributed by atoms with van der Waals surface area (Å²) in [7, 11) is -2.49. The molecule has 12 heteroatoms. The zero-order chi connectivity index (χ0) is 25.3. The number of para-hydroxylation sites is 2. The van der Waals surface area contributed by atoms with Gasteiger partial charge in [-0.2, -0.15) is 0 Å². The summed E-state index contributed by atoms with van der Waals surface area (Å²) >= 11 is 7.12. The molecule has 1 N–H and O–H groups in total. The van der Waals surface area contributed by atoms with Crippen molar-refractivity contribution in [3.8, 4) is 22.1 Å². The van der Waals surface area contributed by atoms with Crippen LogP contribution in [0.5, 0.6) is 11.5 Å². The van der Waals surface area contributed by atoms with Gasteiger partial charge in [0.1, 0.15) is 16.5 Å². The van der Waals surface area contributed by atoms with Gasteiger partial charge in [-0.05, 0) is 48.5 Å². The van der Waals surface area contributed by atoms with E-state index in [2.05, 4.69) is 15.5 Å². The van der Waals surface area contributed by atoms with E-state index >= 15 is 0 Å². The number of sulfonamides is 1. The molecule has 2 heterocycles. The first-order chi connectivity index (χ1) is 17.3. The Hall–Kier alpha value is -3.67. The fraction of sp³-hybridized carbons (Fsp3) is 0.125. The Morgan fingerprint density at radius 3 is 2.53 bits per heavy atom. The summed E-state index contributed by atoms with van der Waals surface area (Å²) in [5, 5.41) is 12.3. The summed E-state index contributed by atoms with van der Waals surface area (Å²) in [5.74, 6) is 0.266. The van der Waals surface area contributed by atoms with Crippen LogP contribution in [0.3, 0.4) is 0 Å². The van der Waals surface area contributed by atoms with Gasteiger partial charge in [0, 0.05) is 10.6 Å². The van der Waals surface area contributed by atoms with Gasteiger partial charge in [-0.15, -0.1) is 10.2 Å². The monoisotopic (exact) mass is 542 g/mol. The van der Waals surface area contributed by atoms with Crippen molar-refractivity contribution in [1.29, 1.82) is 0 Å². The Bertz CT molecular complexity index is 1510. The standard InChI is InChI=1S/C24H19ClN4O5S2/c1-33-17-10-12-18(13-11-17)36(31,32)29-14-21(34-20-5-3-2-4-19(20)29)22(30)26-24-28-27-23(35-24)15-6-8-16(25)9-7-15/h2-13,21H,14H2,1H3,(H,26,28,30). The molecule has 1 aliphatic heterocycles. The van der Waals surface area contributed by atoms with E-state index in [1.165, 1.54) is 34.9 Å². The SMILES string of the molecule is COc1ccc(S(=O)(=O)N2CC(C(=O)Nc3nnc(-c4ccc(Cl)cc4)s3)Oc3ccccc32)cc1. The number of anilines is 2. The predicted molar refractivity (Wildman–Crippen MR) is 137 cm³/mol. The third-order valence-corrected chi connectivity index (χ3v) is 8.35. The second kappa shape index (κ2) is 9.76. The maximum atomic E-state index is 13.5. The van der Waals surface area contributed by atoms with E-state index < -0.39 is 22.0 Å². The van der Waals surface area contributed by atoms with E-state index in [9.17, 15) is 13.2 Å². The van der Waals surface area contributed by atoms with Crippen molar-refractivity contribution in [1.82, 2.24) is 10.2 Å². The molecule has 36 heavy (non-hydrogen) atoms. The minimum Gasteiger partial charge on any atom is -0.497 e. The number of hydrogen-bond donors (Lipinski definition) is 1. The van der Waals surface area contributed by atoms with Crippen molar-refractivity contribution >= 4 is 49.7 Å². The molecule has 3 aromatic carbocycles. The zero-order valence-corrected chi connectivity index (χ0v) is 21.2. The van der Waals surface area contributed by atoms with Crippen LogP contribution < -0.4 is 19.1 Å². The Labute approximate surface area is 216 Å². The zero-order valence-electron chi connectivity index (χ0n) is 18.8. The van der Waals surface area contributed by atoms with Crippen molar-refractivity contribution in [2.45, 2.75) is 11.0 Å². The van der Waals surface area contributed by atoms with Gasteiger partial charge in [0.05, 0.1) is 24.2 Å². The van der Waals surface area contributed by atoms with Gasteiger partial charge in [0.25, 0.3) is 15.9 Å². The molecule has 5 rings (SSSR count). The number of rotatable bonds is 6. The highest BCUT2D eigenvalue weighted by Crippen LogP contribution is 2.37. The van der Waals surface area contributed by atoms with Gasteiger partial charge < -0.3 is 9.47 Å². The number of carbonyl (C=O) groups excluding carboxylic acids is 1. The Balaban J connectivity index is 1.39. The third kappa shape index (κ3) is 4.72. The number of hydrogen-bond acceptors (Lipinski definition) is 8. The van der Waals surface area contributed by atoms with E-state index in [-0.39, 0.29) is 22.3 Å². The van der Waals surface area contributed by atoms with Crippen LogP contribution in [-0.4, -0.2) is 44.3 Å². The van der Waals surface area contributed by atoms with Crippen molar-refractivity contribution in [2.75, 3.05) is 23.3 Å². The summed E-state index contributed by atoms with van der Waals surface area (Å²) in [6, 6.07) is 19.8. The molecular formula is C24H19ClN4O5S2. The lowest BCUT2D eigenvalue weighted by molar-refractivity contribution is -0.122. The lowest BCUT2D eigenvalue weighted by Gasteiger charge is -2.34. The minimum absolute atomic E-state index is 0.0656. The number of halogens is 1. The summed E-state index contributed by atoms with van der Waals surface area (Å²) in [5.41, 5.74) is 1.15. The van der Waals surface area contributed by atoms with E-state index in [4.69, 9.17) is 21.1 Å². The van der Waals surface area contributed by atoms with Crippen LogP contribution in [0.4, 0.5) is 10.8 Å². The van der Waals surface area contributed by atoms with Crippen LogP contribution >= 0.6 is 22.9 Å².